The summed E-state index contributed by atoms with van der Waals surface area (Å²) in [6, 6.07) is 18.5. The van der Waals surface area contributed by atoms with Gasteiger partial charge in [-0.05, 0) is 61.6 Å². The summed E-state index contributed by atoms with van der Waals surface area (Å²) in [6.45, 7) is 2.73. The van der Waals surface area contributed by atoms with Crippen molar-refractivity contribution in [3.05, 3.63) is 65.2 Å². The molecule has 0 unspecified atom stereocenters. The normalized spacial score (nSPS) is 18.1. The van der Waals surface area contributed by atoms with Crippen molar-refractivity contribution in [1.82, 2.24) is 9.88 Å². The number of aromatic amines is 1. The molecule has 2 aliphatic rings. The highest BCUT2D eigenvalue weighted by molar-refractivity contribution is 5.97. The van der Waals surface area contributed by atoms with Crippen LogP contribution in [0.15, 0.2) is 48.5 Å². The number of H-pyrrole nitrogens is 1. The number of nitrogens with one attached hydrogen (secondary N) is 2. The average Bonchev–Trinajstić information content (AvgIpc) is 3.25. The minimum absolute atomic E-state index is 0.160. The Hall–Kier alpha value is -3.10. The number of benzene rings is 2. The predicted octanol–water partition coefficient (Wildman–Crippen LogP) is 5.38. The number of carbonyl (C=O) groups excluding carboxylic acids is 1. The van der Waals surface area contributed by atoms with Gasteiger partial charge >= 0.3 is 0 Å². The van der Waals surface area contributed by atoms with Crippen LogP contribution < -0.4 is 5.32 Å². The van der Waals surface area contributed by atoms with Crippen molar-refractivity contribution in [2.45, 2.75) is 51.5 Å². The second-order valence-corrected chi connectivity index (χ2v) is 9.40. The highest BCUT2D eigenvalue weighted by Gasteiger charge is 2.39. The summed E-state index contributed by atoms with van der Waals surface area (Å²) in [5.74, 6) is 0.949. The van der Waals surface area contributed by atoms with E-state index in [-0.39, 0.29) is 11.3 Å². The quantitative estimate of drug-likeness (QED) is 0.576. The van der Waals surface area contributed by atoms with Gasteiger partial charge in [-0.25, -0.2) is 0 Å². The van der Waals surface area contributed by atoms with Crippen LogP contribution in [-0.2, 0) is 17.8 Å². The molecule has 164 valence electrons. The van der Waals surface area contributed by atoms with Crippen molar-refractivity contribution >= 4 is 22.6 Å². The third kappa shape index (κ3) is 4.03. The fraction of sp³-hybridized carbons (Fsp3) is 0.407. The Morgan fingerprint density at radius 2 is 1.97 bits per heavy atom. The number of nitriles is 1. The smallest absolute Gasteiger partial charge is 0.231 e. The Morgan fingerprint density at radius 3 is 2.78 bits per heavy atom. The zero-order valence-electron chi connectivity index (χ0n) is 18.5. The van der Waals surface area contributed by atoms with Crippen LogP contribution >= 0.6 is 0 Å². The molecule has 2 aromatic carbocycles. The number of aromatic nitrogens is 1. The van der Waals surface area contributed by atoms with Crippen molar-refractivity contribution in [2.75, 3.05) is 18.4 Å². The fourth-order valence-corrected chi connectivity index (χ4v) is 5.55. The maximum absolute atomic E-state index is 13.5. The second kappa shape index (κ2) is 8.80. The van der Waals surface area contributed by atoms with E-state index >= 15 is 0 Å². The third-order valence-corrected chi connectivity index (χ3v) is 7.44. The first-order valence-electron chi connectivity index (χ1n) is 11.8. The molecule has 1 aliphatic carbocycles. The molecule has 5 heteroatoms. The van der Waals surface area contributed by atoms with Crippen molar-refractivity contribution in [1.29, 1.82) is 5.26 Å². The molecule has 2 N–H and O–H groups in total. The summed E-state index contributed by atoms with van der Waals surface area (Å²) in [5, 5.41) is 13.7. The van der Waals surface area contributed by atoms with Gasteiger partial charge in [0, 0.05) is 24.0 Å². The lowest BCUT2D eigenvalue weighted by atomic mass is 9.71. The van der Waals surface area contributed by atoms with Crippen LogP contribution in [0.2, 0.25) is 0 Å². The van der Waals surface area contributed by atoms with Gasteiger partial charge in [0.05, 0.1) is 17.0 Å². The van der Waals surface area contributed by atoms with Crippen molar-refractivity contribution in [2.24, 2.45) is 5.41 Å². The van der Waals surface area contributed by atoms with Crippen molar-refractivity contribution in [3.8, 4) is 6.07 Å². The van der Waals surface area contributed by atoms with Gasteiger partial charge in [0.1, 0.15) is 5.82 Å². The zero-order chi connectivity index (χ0) is 22.0. The number of hydrogen-bond acceptors (Lipinski definition) is 3. The summed E-state index contributed by atoms with van der Waals surface area (Å²) in [6.07, 6.45) is 7.17. The van der Waals surface area contributed by atoms with Gasteiger partial charge < -0.3 is 10.3 Å². The van der Waals surface area contributed by atoms with E-state index < -0.39 is 0 Å². The molecule has 0 bridgehead atoms. The summed E-state index contributed by atoms with van der Waals surface area (Å²) >= 11 is 0. The second-order valence-electron chi connectivity index (χ2n) is 9.40. The van der Waals surface area contributed by atoms with Crippen LogP contribution in [0, 0.1) is 16.7 Å². The molecule has 0 saturated heterocycles. The van der Waals surface area contributed by atoms with Gasteiger partial charge in [-0.2, -0.15) is 5.26 Å². The maximum Gasteiger partial charge on any atom is 0.231 e. The van der Waals surface area contributed by atoms with Crippen molar-refractivity contribution in [3.63, 3.8) is 0 Å². The van der Waals surface area contributed by atoms with E-state index in [1.165, 1.54) is 17.5 Å². The highest BCUT2D eigenvalue weighted by atomic mass is 16.2. The van der Waals surface area contributed by atoms with E-state index in [4.69, 9.17) is 0 Å². The van der Waals surface area contributed by atoms with Crippen molar-refractivity contribution < 1.29 is 4.79 Å². The number of anilines is 1. The minimum atomic E-state index is -0.301. The van der Waals surface area contributed by atoms with E-state index in [9.17, 15) is 10.1 Å². The number of hydrogen-bond donors (Lipinski definition) is 2. The minimum Gasteiger partial charge on any atom is -0.341 e. The topological polar surface area (TPSA) is 71.9 Å². The number of fused-ring (bicyclic) bond motifs is 2. The Labute approximate surface area is 189 Å². The van der Waals surface area contributed by atoms with Crippen LogP contribution in [0.5, 0.6) is 0 Å². The molecule has 1 fully saturated rings. The molecule has 3 aromatic rings. The largest absolute Gasteiger partial charge is 0.341 e. The Balaban J connectivity index is 1.29. The van der Waals surface area contributed by atoms with Crippen LogP contribution in [0.25, 0.3) is 10.9 Å². The van der Waals surface area contributed by atoms with Gasteiger partial charge in [0.2, 0.25) is 5.91 Å². The van der Waals surface area contributed by atoms with Gasteiger partial charge in [-0.1, -0.05) is 49.6 Å². The standard InChI is InChI=1S/C27H30N4O/c28-18-21-8-6-9-22-19-31(15-11-23(21)22)16-14-27(12-4-1-5-13-27)26(32)30-25-17-20-7-2-3-10-24(20)29-25/h2-3,6-10,17,29H,1,4-5,11-16,19H2,(H,30,32). The lowest BCUT2D eigenvalue weighted by Gasteiger charge is -2.38. The molecule has 0 radical (unpaired) electrons. The van der Waals surface area contributed by atoms with E-state index in [1.807, 2.05) is 36.4 Å². The molecule has 1 aromatic heterocycles. The Bertz CT molecular complexity index is 1130. The predicted molar refractivity (Wildman–Crippen MR) is 127 cm³/mol. The molecule has 5 rings (SSSR count). The third-order valence-electron chi connectivity index (χ3n) is 7.44. The number of amides is 1. The Morgan fingerprint density at radius 1 is 1.12 bits per heavy atom. The molecule has 0 spiro atoms. The number of rotatable bonds is 5. The molecular weight excluding hydrogens is 396 g/mol. The van der Waals surface area contributed by atoms with Gasteiger partial charge in [0.15, 0.2) is 0 Å². The molecule has 32 heavy (non-hydrogen) atoms. The number of para-hydroxylation sites is 1. The highest BCUT2D eigenvalue weighted by Crippen LogP contribution is 2.41. The summed E-state index contributed by atoms with van der Waals surface area (Å²) in [7, 11) is 0. The van der Waals surface area contributed by atoms with Crippen LogP contribution in [0.3, 0.4) is 0 Å². The van der Waals surface area contributed by atoms with Gasteiger partial charge in [-0.15, -0.1) is 0 Å². The zero-order valence-corrected chi connectivity index (χ0v) is 18.5. The average molecular weight is 427 g/mol. The molecule has 2 heterocycles. The van der Waals surface area contributed by atoms with Crippen LogP contribution in [-0.4, -0.2) is 28.9 Å². The first kappa shape index (κ1) is 20.8. The van der Waals surface area contributed by atoms with E-state index in [1.54, 1.807) is 0 Å². The molecule has 1 aliphatic heterocycles. The molecule has 1 amide bonds. The van der Waals surface area contributed by atoms with E-state index in [2.05, 4.69) is 33.4 Å². The number of carbonyl (C=O) groups is 1. The van der Waals surface area contributed by atoms with Gasteiger partial charge in [-0.3, -0.25) is 9.69 Å². The maximum atomic E-state index is 13.5. The summed E-state index contributed by atoms with van der Waals surface area (Å²) < 4.78 is 0. The van der Waals surface area contributed by atoms with E-state index in [0.29, 0.717) is 0 Å². The molecule has 0 atom stereocenters. The Kier molecular flexibility index (Phi) is 5.71. The summed E-state index contributed by atoms with van der Waals surface area (Å²) in [5.41, 5.74) is 4.02. The van der Waals surface area contributed by atoms with Crippen LogP contribution in [0.4, 0.5) is 5.82 Å². The number of nitrogens with zero attached hydrogens (tertiary/aromatic N) is 2. The lowest BCUT2D eigenvalue weighted by Crippen LogP contribution is -2.42. The molecular formula is C27H30N4O. The first-order valence-corrected chi connectivity index (χ1v) is 11.8. The summed E-state index contributed by atoms with van der Waals surface area (Å²) in [4.78, 5) is 19.3. The SMILES string of the molecule is N#Cc1cccc2c1CCN(CCC1(C(=O)Nc3cc4ccccc4[nH]3)CCCCC1)C2. The molecule has 1 saturated carbocycles. The molecule has 5 nitrogen and oxygen atoms in total. The van der Waals surface area contributed by atoms with Gasteiger partial charge in [0.25, 0.3) is 0 Å². The first-order chi connectivity index (χ1) is 15.7. The monoisotopic (exact) mass is 426 g/mol. The van der Waals surface area contributed by atoms with E-state index in [0.717, 1.165) is 80.4 Å². The fourth-order valence-electron chi connectivity index (χ4n) is 5.55. The van der Waals surface area contributed by atoms with Crippen LogP contribution in [0.1, 0.15) is 55.2 Å². The lowest BCUT2D eigenvalue weighted by molar-refractivity contribution is -0.128.